The Morgan fingerprint density at radius 1 is 1.18 bits per heavy atom. The molecule has 2 N–H and O–H groups in total. The van der Waals surface area contributed by atoms with Gasteiger partial charge in [0.05, 0.1) is 0 Å². The normalized spacial score (nSPS) is 13.3. The molecule has 0 heterocycles. The lowest BCUT2D eigenvalue weighted by atomic mass is 10.1. The van der Waals surface area contributed by atoms with Gasteiger partial charge >= 0.3 is 0 Å². The number of anilines is 1. The van der Waals surface area contributed by atoms with Gasteiger partial charge < -0.3 is 5.73 Å². The summed E-state index contributed by atoms with van der Waals surface area (Å²) in [7, 11) is 0. The molecule has 2 nitrogen and oxygen atoms in total. The number of rotatable bonds is 6. The molecule has 0 fully saturated rings. The van der Waals surface area contributed by atoms with Crippen LogP contribution in [0.25, 0.3) is 0 Å². The lowest BCUT2D eigenvalue weighted by molar-refractivity contribution is 0.147. The maximum absolute atomic E-state index is 6.02. The summed E-state index contributed by atoms with van der Waals surface area (Å²) >= 11 is 0. The Labute approximate surface area is 106 Å². The molecule has 96 valence electrons. The van der Waals surface area contributed by atoms with E-state index >= 15 is 0 Å². The first-order valence-electron chi connectivity index (χ1n) is 6.65. The highest BCUT2D eigenvalue weighted by atomic mass is 15.2. The molecule has 0 amide bonds. The molecule has 1 atom stereocenters. The number of nitrogens with two attached hydrogens (primary N) is 1. The number of nitrogen functional groups attached to an aromatic ring is 1. The smallest absolute Gasteiger partial charge is 0.0359 e. The molecule has 0 saturated heterocycles. The average molecular weight is 234 g/mol. The van der Waals surface area contributed by atoms with Crippen LogP contribution in [0.5, 0.6) is 0 Å². The Hall–Kier alpha value is -1.02. The molecule has 0 spiro atoms. The van der Waals surface area contributed by atoms with E-state index in [-0.39, 0.29) is 0 Å². The number of nitrogens with zero attached hydrogens (tertiary/aromatic N) is 1. The predicted octanol–water partition coefficient (Wildman–Crippen LogP) is 3.67. The van der Waals surface area contributed by atoms with E-state index in [1.54, 1.807) is 0 Å². The summed E-state index contributed by atoms with van der Waals surface area (Å²) in [6, 6.07) is 9.33. The van der Waals surface area contributed by atoms with Gasteiger partial charge in [-0.15, -0.1) is 0 Å². The fourth-order valence-corrected chi connectivity index (χ4v) is 2.31. The van der Waals surface area contributed by atoms with E-state index in [9.17, 15) is 0 Å². The molecule has 0 aliphatic heterocycles. The second-order valence-corrected chi connectivity index (χ2v) is 5.10. The minimum atomic E-state index is 0.552. The molecule has 1 aromatic carbocycles. The van der Waals surface area contributed by atoms with E-state index in [2.05, 4.69) is 44.7 Å². The third kappa shape index (κ3) is 4.04. The Bertz CT molecular complexity index is 333. The van der Waals surface area contributed by atoms with Crippen LogP contribution >= 0.6 is 0 Å². The van der Waals surface area contributed by atoms with Crippen molar-refractivity contribution in [2.45, 2.75) is 59.2 Å². The molecule has 0 aromatic heterocycles. The monoisotopic (exact) mass is 234 g/mol. The highest BCUT2D eigenvalue weighted by Crippen LogP contribution is 2.19. The van der Waals surface area contributed by atoms with Gasteiger partial charge in [0.25, 0.3) is 0 Å². The molecular weight excluding hydrogens is 208 g/mol. The molecule has 0 radical (unpaired) electrons. The standard InChI is InChI=1S/C15H26N2/c1-5-8-13(4)17(12(2)3)11-14-9-6-7-10-15(14)16/h6-7,9-10,12-13H,5,8,11,16H2,1-4H3. The minimum absolute atomic E-state index is 0.552. The van der Waals surface area contributed by atoms with Crippen molar-refractivity contribution in [3.63, 3.8) is 0 Å². The first kappa shape index (κ1) is 14.0. The first-order valence-corrected chi connectivity index (χ1v) is 6.65. The van der Waals surface area contributed by atoms with Crippen molar-refractivity contribution in [2.75, 3.05) is 5.73 Å². The molecule has 1 unspecified atom stereocenters. The van der Waals surface area contributed by atoms with E-state index < -0.39 is 0 Å². The Kier molecular flexibility index (Phi) is 5.49. The van der Waals surface area contributed by atoms with Crippen LogP contribution in [0, 0.1) is 0 Å². The largest absolute Gasteiger partial charge is 0.398 e. The zero-order valence-corrected chi connectivity index (χ0v) is 11.6. The van der Waals surface area contributed by atoms with Crippen LogP contribution in [0.3, 0.4) is 0 Å². The van der Waals surface area contributed by atoms with Gasteiger partial charge in [-0.05, 0) is 38.8 Å². The maximum atomic E-state index is 6.02. The SMILES string of the molecule is CCCC(C)N(Cc1ccccc1N)C(C)C. The highest BCUT2D eigenvalue weighted by molar-refractivity contribution is 5.46. The lowest BCUT2D eigenvalue weighted by Crippen LogP contribution is -2.38. The molecule has 1 aromatic rings. The van der Waals surface area contributed by atoms with Crippen LogP contribution in [-0.2, 0) is 6.54 Å². The molecule has 1 rings (SSSR count). The predicted molar refractivity (Wildman–Crippen MR) is 75.9 cm³/mol. The van der Waals surface area contributed by atoms with Crippen LogP contribution in [0.2, 0.25) is 0 Å². The third-order valence-corrected chi connectivity index (χ3v) is 3.34. The second-order valence-electron chi connectivity index (χ2n) is 5.10. The molecule has 2 heteroatoms. The van der Waals surface area contributed by atoms with E-state index in [4.69, 9.17) is 5.73 Å². The minimum Gasteiger partial charge on any atom is -0.398 e. The fourth-order valence-electron chi connectivity index (χ4n) is 2.31. The van der Waals surface area contributed by atoms with E-state index in [0.29, 0.717) is 12.1 Å². The van der Waals surface area contributed by atoms with Crippen LogP contribution in [-0.4, -0.2) is 17.0 Å². The van der Waals surface area contributed by atoms with Crippen molar-refractivity contribution >= 4 is 5.69 Å². The summed E-state index contributed by atoms with van der Waals surface area (Å²) in [5, 5.41) is 0. The van der Waals surface area contributed by atoms with Gasteiger partial charge in [-0.3, -0.25) is 4.90 Å². The van der Waals surface area contributed by atoms with Crippen LogP contribution in [0.15, 0.2) is 24.3 Å². The summed E-state index contributed by atoms with van der Waals surface area (Å²) in [5.41, 5.74) is 8.16. The summed E-state index contributed by atoms with van der Waals surface area (Å²) in [6.07, 6.45) is 2.47. The molecule has 0 saturated carbocycles. The van der Waals surface area contributed by atoms with Gasteiger partial charge in [-0.25, -0.2) is 0 Å². The number of benzene rings is 1. The summed E-state index contributed by atoms with van der Waals surface area (Å²) < 4.78 is 0. The average Bonchev–Trinajstić information content (AvgIpc) is 2.27. The fraction of sp³-hybridized carbons (Fsp3) is 0.600. The topological polar surface area (TPSA) is 29.3 Å². The number of hydrogen-bond donors (Lipinski definition) is 1. The third-order valence-electron chi connectivity index (χ3n) is 3.34. The molecule has 0 aliphatic rings. The van der Waals surface area contributed by atoms with E-state index in [1.165, 1.54) is 18.4 Å². The summed E-state index contributed by atoms with van der Waals surface area (Å²) in [6.45, 7) is 10.0. The Morgan fingerprint density at radius 3 is 2.35 bits per heavy atom. The van der Waals surface area contributed by atoms with Crippen LogP contribution < -0.4 is 5.73 Å². The van der Waals surface area contributed by atoms with Gasteiger partial charge in [-0.1, -0.05) is 31.5 Å². The quantitative estimate of drug-likeness (QED) is 0.761. The van der Waals surface area contributed by atoms with E-state index in [1.807, 2.05) is 12.1 Å². The van der Waals surface area contributed by atoms with Crippen molar-refractivity contribution in [1.82, 2.24) is 4.90 Å². The number of para-hydroxylation sites is 1. The number of hydrogen-bond acceptors (Lipinski definition) is 2. The highest BCUT2D eigenvalue weighted by Gasteiger charge is 2.17. The molecular formula is C15H26N2. The van der Waals surface area contributed by atoms with Crippen molar-refractivity contribution < 1.29 is 0 Å². The van der Waals surface area contributed by atoms with Gasteiger partial charge in [0, 0.05) is 24.3 Å². The summed E-state index contributed by atoms with van der Waals surface area (Å²) in [5.74, 6) is 0. The van der Waals surface area contributed by atoms with E-state index in [0.717, 1.165) is 12.2 Å². The molecule has 0 bridgehead atoms. The molecule has 0 aliphatic carbocycles. The second kappa shape index (κ2) is 6.65. The van der Waals surface area contributed by atoms with Crippen molar-refractivity contribution in [3.8, 4) is 0 Å². The zero-order valence-electron chi connectivity index (χ0n) is 11.6. The Balaban J connectivity index is 2.77. The first-order chi connectivity index (χ1) is 8.06. The van der Waals surface area contributed by atoms with Gasteiger partial charge in [0.2, 0.25) is 0 Å². The lowest BCUT2D eigenvalue weighted by Gasteiger charge is -2.33. The van der Waals surface area contributed by atoms with Gasteiger partial charge in [-0.2, -0.15) is 0 Å². The van der Waals surface area contributed by atoms with Crippen molar-refractivity contribution in [1.29, 1.82) is 0 Å². The maximum Gasteiger partial charge on any atom is 0.0359 e. The van der Waals surface area contributed by atoms with Crippen molar-refractivity contribution in [2.24, 2.45) is 0 Å². The summed E-state index contributed by atoms with van der Waals surface area (Å²) in [4.78, 5) is 2.52. The van der Waals surface area contributed by atoms with Gasteiger partial charge in [0.1, 0.15) is 0 Å². The zero-order chi connectivity index (χ0) is 12.8. The Morgan fingerprint density at radius 2 is 1.82 bits per heavy atom. The van der Waals surface area contributed by atoms with Gasteiger partial charge in [0.15, 0.2) is 0 Å². The van der Waals surface area contributed by atoms with Crippen LogP contribution in [0.1, 0.15) is 46.1 Å². The van der Waals surface area contributed by atoms with Crippen LogP contribution in [0.4, 0.5) is 5.69 Å². The van der Waals surface area contributed by atoms with Crippen molar-refractivity contribution in [3.05, 3.63) is 29.8 Å². The molecule has 17 heavy (non-hydrogen) atoms.